The van der Waals surface area contributed by atoms with Crippen LogP contribution in [0.1, 0.15) is 35.1 Å². The fraction of sp³-hybridized carbons (Fsp3) is 0.208. The van der Waals surface area contributed by atoms with Gasteiger partial charge in [0.15, 0.2) is 0 Å². The van der Waals surface area contributed by atoms with E-state index in [0.29, 0.717) is 28.7 Å². The topological polar surface area (TPSA) is 41.1 Å². The average Bonchev–Trinajstić information content (AvgIpc) is 3.00. The summed E-state index contributed by atoms with van der Waals surface area (Å²) in [5.74, 6) is -1.90. The molecule has 2 aliphatic rings. The number of amides is 1. The lowest BCUT2D eigenvalue weighted by atomic mass is 9.59. The molecule has 31 heavy (non-hydrogen) atoms. The van der Waals surface area contributed by atoms with Gasteiger partial charge < -0.3 is 10.6 Å². The Morgan fingerprint density at radius 2 is 1.77 bits per heavy atom. The van der Waals surface area contributed by atoms with E-state index in [9.17, 15) is 13.6 Å². The van der Waals surface area contributed by atoms with Crippen molar-refractivity contribution in [3.05, 3.63) is 99.0 Å². The van der Waals surface area contributed by atoms with Gasteiger partial charge in [-0.2, -0.15) is 0 Å². The van der Waals surface area contributed by atoms with Gasteiger partial charge in [-0.1, -0.05) is 47.5 Å². The normalized spacial score (nSPS) is 24.8. The second kappa shape index (κ2) is 7.59. The first-order valence-electron chi connectivity index (χ1n) is 9.96. The van der Waals surface area contributed by atoms with E-state index in [2.05, 4.69) is 10.6 Å². The Bertz CT molecular complexity index is 1200. The summed E-state index contributed by atoms with van der Waals surface area (Å²) >= 11 is 12.5. The fourth-order valence-electron chi connectivity index (χ4n) is 5.17. The van der Waals surface area contributed by atoms with E-state index < -0.39 is 23.1 Å². The summed E-state index contributed by atoms with van der Waals surface area (Å²) in [6.07, 6.45) is 0.634. The molecule has 158 valence electrons. The summed E-state index contributed by atoms with van der Waals surface area (Å²) in [5.41, 5.74) is 1.29. The molecular formula is C24H18Cl2F2N2O. The number of anilines is 1. The molecule has 0 unspecified atom stereocenters. The third-order valence-electron chi connectivity index (χ3n) is 6.36. The second-order valence-electron chi connectivity index (χ2n) is 7.96. The van der Waals surface area contributed by atoms with Crippen LogP contribution in [0.4, 0.5) is 14.5 Å². The smallest absolute Gasteiger partial charge is 0.237 e. The van der Waals surface area contributed by atoms with Crippen molar-refractivity contribution in [2.45, 2.75) is 23.8 Å². The maximum atomic E-state index is 15.0. The van der Waals surface area contributed by atoms with Crippen molar-refractivity contribution < 1.29 is 13.6 Å². The first-order valence-corrected chi connectivity index (χ1v) is 10.7. The average molecular weight is 459 g/mol. The Morgan fingerprint density at radius 3 is 2.55 bits per heavy atom. The lowest BCUT2D eigenvalue weighted by Gasteiger charge is -2.47. The number of fused-ring (bicyclic) bond motifs is 2. The van der Waals surface area contributed by atoms with E-state index >= 15 is 0 Å². The zero-order chi connectivity index (χ0) is 21.8. The molecule has 2 aliphatic heterocycles. The molecule has 0 bridgehead atoms. The number of nitrogens with one attached hydrogen (secondary N) is 2. The molecule has 7 heteroatoms. The van der Waals surface area contributed by atoms with Crippen LogP contribution in [0.5, 0.6) is 0 Å². The van der Waals surface area contributed by atoms with Gasteiger partial charge in [0.2, 0.25) is 5.91 Å². The summed E-state index contributed by atoms with van der Waals surface area (Å²) in [6, 6.07) is 15.4. The van der Waals surface area contributed by atoms with E-state index in [-0.39, 0.29) is 17.4 Å². The molecule has 3 nitrogen and oxygen atoms in total. The Balaban J connectivity index is 1.79. The first-order chi connectivity index (χ1) is 14.9. The van der Waals surface area contributed by atoms with E-state index in [4.69, 9.17) is 23.2 Å². The van der Waals surface area contributed by atoms with Crippen LogP contribution in [0, 0.1) is 11.6 Å². The number of hydrogen-bond donors (Lipinski definition) is 2. The fourth-order valence-corrected chi connectivity index (χ4v) is 5.54. The number of benzene rings is 3. The molecule has 2 N–H and O–H groups in total. The van der Waals surface area contributed by atoms with Crippen LogP contribution in [0.2, 0.25) is 10.0 Å². The minimum atomic E-state index is -1.17. The molecule has 0 aromatic heterocycles. The highest BCUT2D eigenvalue weighted by Crippen LogP contribution is 2.57. The van der Waals surface area contributed by atoms with Gasteiger partial charge in [0.1, 0.15) is 17.0 Å². The number of carbonyl (C=O) groups is 1. The molecule has 3 aromatic carbocycles. The van der Waals surface area contributed by atoms with Crippen molar-refractivity contribution in [3.63, 3.8) is 0 Å². The van der Waals surface area contributed by atoms with Crippen molar-refractivity contribution in [1.82, 2.24) is 5.32 Å². The highest BCUT2D eigenvalue weighted by atomic mass is 35.5. The van der Waals surface area contributed by atoms with E-state index in [1.807, 2.05) is 24.3 Å². The maximum absolute atomic E-state index is 15.0. The number of rotatable bonds is 2. The largest absolute Gasteiger partial charge is 0.325 e. The molecule has 1 saturated heterocycles. The minimum Gasteiger partial charge on any atom is -0.325 e. The summed E-state index contributed by atoms with van der Waals surface area (Å²) < 4.78 is 28.6. The van der Waals surface area contributed by atoms with Crippen LogP contribution in [0.25, 0.3) is 0 Å². The molecule has 0 aliphatic carbocycles. The molecular weight excluding hydrogens is 441 g/mol. The van der Waals surface area contributed by atoms with Gasteiger partial charge >= 0.3 is 0 Å². The van der Waals surface area contributed by atoms with E-state index in [1.54, 1.807) is 18.2 Å². The molecule has 1 spiro atoms. The number of hydrogen-bond acceptors (Lipinski definition) is 2. The SMILES string of the molecule is O=C1Nc2cc(Cl)ccc2[C@@]12[C@H](c1cccc(Cl)c1)CCN[C@H]2c1ccc(F)cc1F. The quantitative estimate of drug-likeness (QED) is 0.495. The highest BCUT2D eigenvalue weighted by Gasteiger charge is 2.59. The summed E-state index contributed by atoms with van der Waals surface area (Å²) in [5, 5.41) is 7.34. The lowest BCUT2D eigenvalue weighted by molar-refractivity contribution is -0.123. The Hall–Kier alpha value is -2.47. The molecule has 0 radical (unpaired) electrons. The summed E-state index contributed by atoms with van der Waals surface area (Å²) in [7, 11) is 0. The van der Waals surface area contributed by atoms with Gasteiger partial charge in [-0.15, -0.1) is 0 Å². The third-order valence-corrected chi connectivity index (χ3v) is 6.83. The van der Waals surface area contributed by atoms with Crippen LogP contribution < -0.4 is 10.6 Å². The van der Waals surface area contributed by atoms with E-state index in [0.717, 1.165) is 17.2 Å². The molecule has 1 fully saturated rings. The predicted octanol–water partition coefficient (Wildman–Crippen LogP) is 5.98. The zero-order valence-corrected chi connectivity index (χ0v) is 17.8. The van der Waals surface area contributed by atoms with Crippen LogP contribution in [-0.4, -0.2) is 12.5 Å². The van der Waals surface area contributed by atoms with Crippen molar-refractivity contribution >= 4 is 34.8 Å². The van der Waals surface area contributed by atoms with Gasteiger partial charge in [-0.05, 0) is 54.4 Å². The molecule has 5 rings (SSSR count). The minimum absolute atomic E-state index is 0.242. The van der Waals surface area contributed by atoms with Gasteiger partial charge in [0.25, 0.3) is 0 Å². The number of piperidine rings is 1. The first kappa shape index (κ1) is 20.4. The zero-order valence-electron chi connectivity index (χ0n) is 16.3. The van der Waals surface area contributed by atoms with Crippen molar-refractivity contribution in [2.75, 3.05) is 11.9 Å². The maximum Gasteiger partial charge on any atom is 0.237 e. The summed E-state index contributed by atoms with van der Waals surface area (Å²) in [4.78, 5) is 13.7. The van der Waals surface area contributed by atoms with Gasteiger partial charge in [-0.25, -0.2) is 8.78 Å². The molecule has 1 amide bonds. The Kier molecular flexibility index (Phi) is 5.00. The molecule has 2 heterocycles. The van der Waals surface area contributed by atoms with Crippen LogP contribution in [0.3, 0.4) is 0 Å². The van der Waals surface area contributed by atoms with Gasteiger partial charge in [0, 0.05) is 33.3 Å². The van der Waals surface area contributed by atoms with Crippen molar-refractivity contribution in [1.29, 1.82) is 0 Å². The predicted molar refractivity (Wildman–Crippen MR) is 118 cm³/mol. The third kappa shape index (κ3) is 3.15. The highest BCUT2D eigenvalue weighted by molar-refractivity contribution is 6.31. The van der Waals surface area contributed by atoms with E-state index in [1.165, 1.54) is 12.1 Å². The Morgan fingerprint density at radius 1 is 0.968 bits per heavy atom. The van der Waals surface area contributed by atoms with Crippen LogP contribution >= 0.6 is 23.2 Å². The number of halogens is 4. The second-order valence-corrected chi connectivity index (χ2v) is 8.84. The summed E-state index contributed by atoms with van der Waals surface area (Å²) in [6.45, 7) is 0.552. The number of carbonyl (C=O) groups excluding carboxylic acids is 1. The Labute approximate surface area is 188 Å². The monoisotopic (exact) mass is 458 g/mol. The van der Waals surface area contributed by atoms with Crippen molar-refractivity contribution in [2.24, 2.45) is 0 Å². The van der Waals surface area contributed by atoms with Gasteiger partial charge in [0.05, 0.1) is 6.04 Å². The van der Waals surface area contributed by atoms with Crippen LogP contribution in [-0.2, 0) is 10.2 Å². The van der Waals surface area contributed by atoms with Gasteiger partial charge in [-0.3, -0.25) is 4.79 Å². The van der Waals surface area contributed by atoms with Crippen LogP contribution in [0.15, 0.2) is 60.7 Å². The molecule has 3 atom stereocenters. The molecule has 3 aromatic rings. The van der Waals surface area contributed by atoms with Crippen molar-refractivity contribution in [3.8, 4) is 0 Å². The lowest BCUT2D eigenvalue weighted by Crippen LogP contribution is -2.55. The molecule has 0 saturated carbocycles. The standard InChI is InChI=1S/C24H18Cl2F2N2O/c25-14-3-1-2-13(10-14)18-8-9-29-22(17-6-5-16(27)12-20(17)28)24(18)19-7-4-15(26)11-21(19)30-23(24)31/h1-7,10-12,18,22,29H,8-9H2,(H,30,31)/t18-,22-,24+/m0/s1.